The van der Waals surface area contributed by atoms with Gasteiger partial charge in [-0.1, -0.05) is 41.6 Å². The van der Waals surface area contributed by atoms with Crippen LogP contribution < -0.4 is 10.0 Å². The fourth-order valence-corrected chi connectivity index (χ4v) is 5.24. The molecule has 0 radical (unpaired) electrons. The molecule has 9 heteroatoms. The molecule has 30 heavy (non-hydrogen) atoms. The molecule has 2 aromatic carbocycles. The van der Waals surface area contributed by atoms with Gasteiger partial charge in [0.25, 0.3) is 0 Å². The van der Waals surface area contributed by atoms with Gasteiger partial charge in [0.15, 0.2) is 0 Å². The summed E-state index contributed by atoms with van der Waals surface area (Å²) in [5.41, 5.74) is 5.42. The molecule has 0 atom stereocenters. The van der Waals surface area contributed by atoms with Gasteiger partial charge in [-0.25, -0.2) is 13.4 Å². The molecule has 0 aliphatic carbocycles. The number of thiazole rings is 1. The quantitative estimate of drug-likeness (QED) is 0.479. The van der Waals surface area contributed by atoms with Crippen molar-refractivity contribution in [3.05, 3.63) is 70.2 Å². The third-order valence-corrected chi connectivity index (χ3v) is 6.90. The zero-order valence-corrected chi connectivity index (χ0v) is 19.4. The van der Waals surface area contributed by atoms with E-state index in [0.717, 1.165) is 16.3 Å². The number of thioether (sulfide) groups is 1. The van der Waals surface area contributed by atoms with Crippen molar-refractivity contribution in [3.8, 4) is 0 Å². The van der Waals surface area contributed by atoms with E-state index in [1.807, 2.05) is 5.38 Å². The Kier molecular flexibility index (Phi) is 7.17. The molecule has 3 aromatic rings. The predicted octanol–water partition coefficient (Wildman–Crippen LogP) is 4.60. The topological polar surface area (TPSA) is 88.2 Å². The van der Waals surface area contributed by atoms with Crippen LogP contribution >= 0.6 is 23.1 Å². The van der Waals surface area contributed by atoms with Crippen LogP contribution in [-0.4, -0.2) is 25.6 Å². The number of carbonyl (C=O) groups excluding carboxylic acids is 1. The molecule has 0 fully saturated rings. The highest BCUT2D eigenvalue weighted by Crippen LogP contribution is 2.28. The van der Waals surface area contributed by atoms with E-state index in [9.17, 15) is 13.2 Å². The maximum Gasteiger partial charge on any atom is 0.230 e. The molecular formula is C21H23N3O3S3. The maximum atomic E-state index is 12.4. The van der Waals surface area contributed by atoms with Gasteiger partial charge in [-0.05, 0) is 43.2 Å². The zero-order valence-electron chi connectivity index (χ0n) is 16.9. The zero-order chi connectivity index (χ0) is 21.7. The molecule has 0 spiro atoms. The van der Waals surface area contributed by atoms with E-state index < -0.39 is 10.0 Å². The van der Waals surface area contributed by atoms with E-state index in [0.29, 0.717) is 17.1 Å². The van der Waals surface area contributed by atoms with Gasteiger partial charge in [0, 0.05) is 16.8 Å². The number of amides is 1. The average Bonchev–Trinajstić information content (AvgIpc) is 3.08. The molecule has 0 unspecified atom stereocenters. The second-order valence-corrected chi connectivity index (χ2v) is 10.8. The van der Waals surface area contributed by atoms with Crippen LogP contribution in [0.4, 0.5) is 11.4 Å². The summed E-state index contributed by atoms with van der Waals surface area (Å²) in [4.78, 5) is 16.9. The van der Waals surface area contributed by atoms with Crippen LogP contribution in [0.3, 0.4) is 0 Å². The first-order chi connectivity index (χ1) is 14.2. The van der Waals surface area contributed by atoms with Gasteiger partial charge in [0.2, 0.25) is 15.9 Å². The lowest BCUT2D eigenvalue weighted by Gasteiger charge is -2.08. The SMILES string of the molecule is Cc1ccc(C)c(CSc2nc(CC(=O)Nc3cccc(NS(C)(=O)=O)c3)cs2)c1. The van der Waals surface area contributed by atoms with Crippen LogP contribution in [0.25, 0.3) is 0 Å². The molecule has 1 aromatic heterocycles. The number of anilines is 2. The molecule has 3 rings (SSSR count). The summed E-state index contributed by atoms with van der Waals surface area (Å²) in [6.45, 7) is 4.19. The lowest BCUT2D eigenvalue weighted by Crippen LogP contribution is -2.15. The van der Waals surface area contributed by atoms with Gasteiger partial charge in [0.1, 0.15) is 4.34 Å². The Hall–Kier alpha value is -2.36. The Morgan fingerprint density at radius 1 is 1.13 bits per heavy atom. The second kappa shape index (κ2) is 9.63. The van der Waals surface area contributed by atoms with E-state index in [4.69, 9.17) is 0 Å². The van der Waals surface area contributed by atoms with Crippen molar-refractivity contribution in [2.75, 3.05) is 16.3 Å². The monoisotopic (exact) mass is 461 g/mol. The minimum absolute atomic E-state index is 0.157. The number of hydrogen-bond donors (Lipinski definition) is 2. The molecule has 158 valence electrons. The van der Waals surface area contributed by atoms with Crippen molar-refractivity contribution in [1.82, 2.24) is 4.98 Å². The number of aromatic nitrogens is 1. The summed E-state index contributed by atoms with van der Waals surface area (Å²) >= 11 is 3.20. The lowest BCUT2D eigenvalue weighted by atomic mass is 10.1. The summed E-state index contributed by atoms with van der Waals surface area (Å²) < 4.78 is 26.0. The summed E-state index contributed by atoms with van der Waals surface area (Å²) in [6, 6.07) is 13.0. The molecule has 1 heterocycles. The van der Waals surface area contributed by atoms with Crippen LogP contribution in [0.15, 0.2) is 52.2 Å². The van der Waals surface area contributed by atoms with E-state index in [1.165, 1.54) is 28.0 Å². The standard InChI is InChI=1S/C21H23N3O3S3/c1-14-7-8-15(2)16(9-14)12-28-21-23-19(13-29-21)11-20(25)22-17-5-4-6-18(10-17)24-30(3,26)27/h4-10,13,24H,11-12H2,1-3H3,(H,22,25). The Morgan fingerprint density at radius 2 is 1.90 bits per heavy atom. The molecule has 6 nitrogen and oxygen atoms in total. The number of aryl methyl sites for hydroxylation is 2. The minimum atomic E-state index is -3.37. The normalized spacial score (nSPS) is 11.3. The van der Waals surface area contributed by atoms with E-state index in [2.05, 4.69) is 47.1 Å². The van der Waals surface area contributed by atoms with Crippen molar-refractivity contribution in [3.63, 3.8) is 0 Å². The fourth-order valence-electron chi connectivity index (χ4n) is 2.78. The molecule has 0 saturated heterocycles. The minimum Gasteiger partial charge on any atom is -0.326 e. The Morgan fingerprint density at radius 3 is 2.67 bits per heavy atom. The maximum absolute atomic E-state index is 12.4. The average molecular weight is 462 g/mol. The van der Waals surface area contributed by atoms with Crippen LogP contribution in [0.1, 0.15) is 22.4 Å². The van der Waals surface area contributed by atoms with Crippen LogP contribution in [0, 0.1) is 13.8 Å². The van der Waals surface area contributed by atoms with Gasteiger partial charge < -0.3 is 5.32 Å². The summed E-state index contributed by atoms with van der Waals surface area (Å²) in [7, 11) is -3.37. The second-order valence-electron chi connectivity index (χ2n) is 7.00. The Bertz CT molecular complexity index is 1160. The van der Waals surface area contributed by atoms with Crippen molar-refractivity contribution in [2.45, 2.75) is 30.4 Å². The first-order valence-electron chi connectivity index (χ1n) is 9.19. The third-order valence-electron chi connectivity index (χ3n) is 4.18. The number of nitrogens with zero attached hydrogens (tertiary/aromatic N) is 1. The van der Waals surface area contributed by atoms with E-state index >= 15 is 0 Å². The lowest BCUT2D eigenvalue weighted by molar-refractivity contribution is -0.115. The number of nitrogens with one attached hydrogen (secondary N) is 2. The van der Waals surface area contributed by atoms with E-state index in [1.54, 1.807) is 36.0 Å². The molecule has 0 aliphatic rings. The predicted molar refractivity (Wildman–Crippen MR) is 125 cm³/mol. The smallest absolute Gasteiger partial charge is 0.230 e. The van der Waals surface area contributed by atoms with Crippen LogP contribution in [0.5, 0.6) is 0 Å². The number of rotatable bonds is 8. The number of carbonyl (C=O) groups is 1. The van der Waals surface area contributed by atoms with Crippen LogP contribution in [0.2, 0.25) is 0 Å². The van der Waals surface area contributed by atoms with E-state index in [-0.39, 0.29) is 12.3 Å². The molecule has 1 amide bonds. The highest BCUT2D eigenvalue weighted by molar-refractivity contribution is 8.00. The number of sulfonamides is 1. The highest BCUT2D eigenvalue weighted by Gasteiger charge is 2.10. The molecule has 0 bridgehead atoms. The Labute approximate surface area is 185 Å². The third kappa shape index (κ3) is 6.86. The first kappa shape index (κ1) is 22.3. The van der Waals surface area contributed by atoms with Gasteiger partial charge in [0.05, 0.1) is 24.1 Å². The van der Waals surface area contributed by atoms with Crippen LogP contribution in [-0.2, 0) is 27.0 Å². The van der Waals surface area contributed by atoms with Gasteiger partial charge in [-0.2, -0.15) is 0 Å². The van der Waals surface area contributed by atoms with Crippen molar-refractivity contribution in [1.29, 1.82) is 0 Å². The van der Waals surface area contributed by atoms with Gasteiger partial charge in [-0.3, -0.25) is 9.52 Å². The van der Waals surface area contributed by atoms with Crippen molar-refractivity contribution < 1.29 is 13.2 Å². The molecular weight excluding hydrogens is 438 g/mol. The van der Waals surface area contributed by atoms with Crippen molar-refractivity contribution in [2.24, 2.45) is 0 Å². The Balaban J connectivity index is 1.56. The summed E-state index contributed by atoms with van der Waals surface area (Å²) in [5.74, 6) is 0.634. The fraction of sp³-hybridized carbons (Fsp3) is 0.238. The largest absolute Gasteiger partial charge is 0.326 e. The summed E-state index contributed by atoms with van der Waals surface area (Å²) in [5, 5.41) is 4.68. The highest BCUT2D eigenvalue weighted by atomic mass is 32.2. The molecule has 0 saturated carbocycles. The van der Waals surface area contributed by atoms with Crippen molar-refractivity contribution >= 4 is 50.4 Å². The first-order valence-corrected chi connectivity index (χ1v) is 12.9. The number of hydrogen-bond acceptors (Lipinski definition) is 6. The molecule has 0 aliphatic heterocycles. The summed E-state index contributed by atoms with van der Waals surface area (Å²) in [6.07, 6.45) is 1.24. The van der Waals surface area contributed by atoms with Gasteiger partial charge in [-0.15, -0.1) is 11.3 Å². The van der Waals surface area contributed by atoms with Gasteiger partial charge >= 0.3 is 0 Å². The molecule has 2 N–H and O–H groups in total. The number of benzene rings is 2.